The van der Waals surface area contributed by atoms with Gasteiger partial charge in [0, 0.05) is 17.5 Å². The van der Waals surface area contributed by atoms with Gasteiger partial charge in [0.1, 0.15) is 0 Å². The molecule has 1 aromatic rings. The Hall–Kier alpha value is -1.06. The first kappa shape index (κ1) is 13.0. The average Bonchev–Trinajstić information content (AvgIpc) is 2.25. The summed E-state index contributed by atoms with van der Waals surface area (Å²) in [4.78, 5) is 11.0. The van der Waals surface area contributed by atoms with Crippen LogP contribution in [-0.2, 0) is 9.53 Å². The zero-order chi connectivity index (χ0) is 12.1. The Morgan fingerprint density at radius 1 is 1.56 bits per heavy atom. The van der Waals surface area contributed by atoms with Crippen molar-refractivity contribution in [3.05, 3.63) is 34.3 Å². The van der Waals surface area contributed by atoms with Gasteiger partial charge in [-0.15, -0.1) is 0 Å². The van der Waals surface area contributed by atoms with E-state index in [0.717, 1.165) is 11.1 Å². The van der Waals surface area contributed by atoms with Gasteiger partial charge in [-0.2, -0.15) is 0 Å². The molecule has 0 saturated carbocycles. The molecule has 0 saturated heterocycles. The molecule has 0 spiro atoms. The fourth-order valence-electron chi connectivity index (χ4n) is 1.63. The third-order valence-electron chi connectivity index (χ3n) is 2.53. The van der Waals surface area contributed by atoms with E-state index in [1.807, 2.05) is 25.1 Å². The summed E-state index contributed by atoms with van der Waals surface area (Å²) < 4.78 is 4.57. The summed E-state index contributed by atoms with van der Waals surface area (Å²) in [6, 6.07) is 5.42. The number of hydrogen-bond donors (Lipinski definition) is 1. The van der Waals surface area contributed by atoms with Crippen molar-refractivity contribution < 1.29 is 9.53 Å². The summed E-state index contributed by atoms with van der Waals surface area (Å²) in [5.41, 5.74) is 7.96. The summed E-state index contributed by atoms with van der Waals surface area (Å²) >= 11 is 6.08. The lowest BCUT2D eigenvalue weighted by Gasteiger charge is -2.15. The number of carbonyl (C=O) groups is 1. The van der Waals surface area contributed by atoms with Gasteiger partial charge in [-0.3, -0.25) is 4.79 Å². The van der Waals surface area contributed by atoms with Crippen LogP contribution in [0.1, 0.15) is 30.0 Å². The highest BCUT2D eigenvalue weighted by Gasteiger charge is 2.14. The molecule has 1 aromatic carbocycles. The van der Waals surface area contributed by atoms with Crippen LogP contribution in [0.5, 0.6) is 0 Å². The topological polar surface area (TPSA) is 52.3 Å². The molecule has 0 aliphatic heterocycles. The van der Waals surface area contributed by atoms with Crippen LogP contribution in [0, 0.1) is 6.92 Å². The maximum atomic E-state index is 11.0. The van der Waals surface area contributed by atoms with Gasteiger partial charge in [0.15, 0.2) is 0 Å². The van der Waals surface area contributed by atoms with E-state index < -0.39 is 0 Å². The molecule has 0 bridgehead atoms. The van der Waals surface area contributed by atoms with Crippen molar-refractivity contribution in [2.24, 2.45) is 5.73 Å². The Morgan fingerprint density at radius 3 is 2.81 bits per heavy atom. The zero-order valence-corrected chi connectivity index (χ0v) is 10.3. The van der Waals surface area contributed by atoms with E-state index in [4.69, 9.17) is 17.3 Å². The van der Waals surface area contributed by atoms with Gasteiger partial charge < -0.3 is 10.5 Å². The Kier molecular flexibility index (Phi) is 4.77. The first-order valence-corrected chi connectivity index (χ1v) is 5.51. The Balaban J connectivity index is 2.73. The highest BCUT2D eigenvalue weighted by Crippen LogP contribution is 2.27. The molecule has 1 unspecified atom stereocenters. The molecule has 4 heteroatoms. The third kappa shape index (κ3) is 3.22. The number of methoxy groups -OCH3 is 1. The minimum absolute atomic E-state index is 0.229. The highest BCUT2D eigenvalue weighted by molar-refractivity contribution is 6.31. The van der Waals surface area contributed by atoms with E-state index in [2.05, 4.69) is 4.74 Å². The van der Waals surface area contributed by atoms with Crippen LogP contribution in [-0.4, -0.2) is 13.1 Å². The van der Waals surface area contributed by atoms with Gasteiger partial charge in [0.05, 0.1) is 7.11 Å². The molecule has 1 rings (SSSR count). The second-order valence-electron chi connectivity index (χ2n) is 3.69. The van der Waals surface area contributed by atoms with Gasteiger partial charge in [0.2, 0.25) is 0 Å². The smallest absolute Gasteiger partial charge is 0.305 e. The fraction of sp³-hybridized carbons (Fsp3) is 0.417. The van der Waals surface area contributed by atoms with Crippen molar-refractivity contribution in [3.8, 4) is 0 Å². The molecule has 0 amide bonds. The first-order chi connectivity index (χ1) is 7.56. The lowest BCUT2D eigenvalue weighted by Crippen LogP contribution is -2.14. The summed E-state index contributed by atoms with van der Waals surface area (Å²) in [7, 11) is 1.37. The highest BCUT2D eigenvalue weighted by atomic mass is 35.5. The van der Waals surface area contributed by atoms with Crippen molar-refractivity contribution in [2.45, 2.75) is 25.8 Å². The van der Waals surface area contributed by atoms with E-state index in [1.54, 1.807) is 0 Å². The molecular weight excluding hydrogens is 226 g/mol. The second kappa shape index (κ2) is 5.87. The number of benzene rings is 1. The normalized spacial score (nSPS) is 12.2. The average molecular weight is 242 g/mol. The van der Waals surface area contributed by atoms with E-state index in [-0.39, 0.29) is 12.0 Å². The maximum Gasteiger partial charge on any atom is 0.305 e. The van der Waals surface area contributed by atoms with Gasteiger partial charge >= 0.3 is 5.97 Å². The summed E-state index contributed by atoms with van der Waals surface area (Å²) in [5, 5.41) is 0.650. The Bertz CT molecular complexity index is 359. The SMILES string of the molecule is COC(=O)CCC(N)c1c(C)cccc1Cl. The standard InChI is InChI=1S/C12H16ClNO2/c1-8-4-3-5-9(13)12(8)10(14)6-7-11(15)16-2/h3-5,10H,6-7,14H2,1-2H3. The summed E-state index contributed by atoms with van der Waals surface area (Å²) in [6.07, 6.45) is 0.847. The molecule has 88 valence electrons. The van der Waals surface area contributed by atoms with Gasteiger partial charge in [-0.25, -0.2) is 0 Å². The van der Waals surface area contributed by atoms with Gasteiger partial charge in [-0.1, -0.05) is 23.7 Å². The maximum absolute atomic E-state index is 11.0. The van der Waals surface area contributed by atoms with E-state index in [0.29, 0.717) is 17.9 Å². The zero-order valence-electron chi connectivity index (χ0n) is 9.50. The van der Waals surface area contributed by atoms with Crippen molar-refractivity contribution in [1.29, 1.82) is 0 Å². The molecule has 2 N–H and O–H groups in total. The molecule has 0 heterocycles. The molecule has 0 aromatic heterocycles. The fourth-order valence-corrected chi connectivity index (χ4v) is 2.00. The number of esters is 1. The number of hydrogen-bond acceptors (Lipinski definition) is 3. The van der Waals surface area contributed by atoms with Crippen LogP contribution < -0.4 is 5.73 Å². The van der Waals surface area contributed by atoms with Gasteiger partial charge in [0.25, 0.3) is 0 Å². The van der Waals surface area contributed by atoms with Crippen molar-refractivity contribution >= 4 is 17.6 Å². The number of halogens is 1. The van der Waals surface area contributed by atoms with E-state index in [9.17, 15) is 4.79 Å². The molecule has 16 heavy (non-hydrogen) atoms. The van der Waals surface area contributed by atoms with Crippen LogP contribution >= 0.6 is 11.6 Å². The predicted octanol–water partition coefficient (Wildman–Crippen LogP) is 2.60. The summed E-state index contributed by atoms with van der Waals surface area (Å²) in [5.74, 6) is -0.250. The number of aryl methyl sites for hydroxylation is 1. The van der Waals surface area contributed by atoms with Crippen molar-refractivity contribution in [3.63, 3.8) is 0 Å². The number of rotatable bonds is 4. The lowest BCUT2D eigenvalue weighted by molar-refractivity contribution is -0.140. The third-order valence-corrected chi connectivity index (χ3v) is 2.86. The number of nitrogens with two attached hydrogens (primary N) is 1. The van der Waals surface area contributed by atoms with Crippen LogP contribution in [0.3, 0.4) is 0 Å². The molecule has 0 radical (unpaired) electrons. The molecule has 3 nitrogen and oxygen atoms in total. The number of ether oxygens (including phenoxy) is 1. The Labute approximate surface area is 101 Å². The van der Waals surface area contributed by atoms with E-state index >= 15 is 0 Å². The molecule has 1 atom stereocenters. The first-order valence-electron chi connectivity index (χ1n) is 5.13. The predicted molar refractivity (Wildman–Crippen MR) is 64.4 cm³/mol. The molecular formula is C12H16ClNO2. The summed E-state index contributed by atoms with van der Waals surface area (Å²) in [6.45, 7) is 1.96. The van der Waals surface area contributed by atoms with Crippen molar-refractivity contribution in [2.75, 3.05) is 7.11 Å². The number of carbonyl (C=O) groups excluding carboxylic acids is 1. The minimum atomic E-state index is -0.250. The lowest BCUT2D eigenvalue weighted by atomic mass is 9.98. The van der Waals surface area contributed by atoms with E-state index in [1.165, 1.54) is 7.11 Å². The van der Waals surface area contributed by atoms with Crippen LogP contribution in [0.25, 0.3) is 0 Å². The van der Waals surface area contributed by atoms with Crippen LogP contribution in [0.4, 0.5) is 0 Å². The molecule has 0 aliphatic rings. The molecule has 0 aliphatic carbocycles. The van der Waals surface area contributed by atoms with Crippen LogP contribution in [0.2, 0.25) is 5.02 Å². The van der Waals surface area contributed by atoms with Crippen molar-refractivity contribution in [1.82, 2.24) is 0 Å². The minimum Gasteiger partial charge on any atom is -0.469 e. The van der Waals surface area contributed by atoms with Crippen LogP contribution in [0.15, 0.2) is 18.2 Å². The largest absolute Gasteiger partial charge is 0.469 e. The Morgan fingerprint density at radius 2 is 2.25 bits per heavy atom. The van der Waals surface area contributed by atoms with Gasteiger partial charge in [-0.05, 0) is 30.5 Å². The monoisotopic (exact) mass is 241 g/mol. The molecule has 0 fully saturated rings. The second-order valence-corrected chi connectivity index (χ2v) is 4.10. The quantitative estimate of drug-likeness (QED) is 0.825.